The van der Waals surface area contributed by atoms with E-state index < -0.39 is 0 Å². The Morgan fingerprint density at radius 1 is 0.552 bits per heavy atom. The van der Waals surface area contributed by atoms with Crippen LogP contribution in [0.25, 0.3) is 11.1 Å². The standard InChI is InChI=1S/C28H33N.C10H12.C9H14.4C2H6.C2H4/c1-5-10-27(24-11-8-7-9-12-24)28(25-17-13-22(6-2)14-18-25)26-19-15-23(16-20-26)21-29(3)4;1-2-3-7-10-8-5-4-6-9-10;1-3-5-7-9-8-6-4-2;5*1-2/h7-9,11-20H,5-6,10,21H2,1-4H3;2,4-6,8-9H,1,3,7H2;3,5-9H,4H2,1-2H3;4*1-2H3;1-2H2/b28-27-;;5-3-,8-6+,9-7-;;;;;. The maximum atomic E-state index is 3.68. The topological polar surface area (TPSA) is 3.24 Å². The van der Waals surface area contributed by atoms with Crippen molar-refractivity contribution >= 4 is 11.1 Å². The van der Waals surface area contributed by atoms with E-state index in [-0.39, 0.29) is 0 Å². The zero-order valence-corrected chi connectivity index (χ0v) is 40.0. The molecule has 0 bridgehead atoms. The van der Waals surface area contributed by atoms with Gasteiger partial charge < -0.3 is 4.90 Å². The molecule has 0 spiro atoms. The highest BCUT2D eigenvalue weighted by molar-refractivity contribution is 5.98. The van der Waals surface area contributed by atoms with Crippen LogP contribution >= 0.6 is 0 Å². The fourth-order valence-electron chi connectivity index (χ4n) is 5.23. The third kappa shape index (κ3) is 29.5. The van der Waals surface area contributed by atoms with E-state index in [1.54, 1.807) is 0 Å². The van der Waals surface area contributed by atoms with Crippen molar-refractivity contribution in [2.45, 2.75) is 128 Å². The molecule has 1 nitrogen and oxygen atoms in total. The average Bonchev–Trinajstić information content (AvgIpc) is 3.30. The highest BCUT2D eigenvalue weighted by Crippen LogP contribution is 2.35. The van der Waals surface area contributed by atoms with Gasteiger partial charge in [0.2, 0.25) is 0 Å². The highest BCUT2D eigenvalue weighted by atomic mass is 15.0. The lowest BCUT2D eigenvalue weighted by atomic mass is 9.86. The van der Waals surface area contributed by atoms with Gasteiger partial charge in [0.15, 0.2) is 0 Å². The van der Waals surface area contributed by atoms with Gasteiger partial charge >= 0.3 is 0 Å². The first kappa shape index (κ1) is 60.0. The normalized spacial score (nSPS) is 10.1. The van der Waals surface area contributed by atoms with Crippen molar-refractivity contribution in [1.29, 1.82) is 0 Å². The van der Waals surface area contributed by atoms with Gasteiger partial charge in [0.1, 0.15) is 0 Å². The van der Waals surface area contributed by atoms with Gasteiger partial charge in [-0.2, -0.15) is 0 Å². The Hall–Kier alpha value is -4.72. The molecule has 0 radical (unpaired) electrons. The minimum atomic E-state index is 0.963. The zero-order valence-electron chi connectivity index (χ0n) is 40.0. The van der Waals surface area contributed by atoms with E-state index in [2.05, 4.69) is 175 Å². The predicted molar refractivity (Wildman–Crippen MR) is 272 cm³/mol. The van der Waals surface area contributed by atoms with E-state index in [0.717, 1.165) is 45.1 Å². The number of hydrogen-bond donors (Lipinski definition) is 0. The number of benzene rings is 4. The van der Waals surface area contributed by atoms with Crippen LogP contribution in [0, 0.1) is 0 Å². The first-order chi connectivity index (χ1) is 28.5. The van der Waals surface area contributed by atoms with Crippen LogP contribution in [0.4, 0.5) is 0 Å². The summed E-state index contributed by atoms with van der Waals surface area (Å²) in [7, 11) is 4.23. The quantitative estimate of drug-likeness (QED) is 0.0699. The van der Waals surface area contributed by atoms with Gasteiger partial charge in [0.05, 0.1) is 0 Å². The Balaban J connectivity index is -0.000000413. The zero-order chi connectivity index (χ0) is 44.8. The molecule has 0 aliphatic carbocycles. The number of allylic oxidation sites excluding steroid dienone is 8. The predicted octanol–water partition coefficient (Wildman–Crippen LogP) is 17.9. The SMILES string of the molecule is C=C.C=CCCc1ccccc1.CC.CC.CC.CC.CCC/C(=C(\c1ccc(CC)cc1)c1ccc(CN(C)C)cc1)c1ccccc1.C\C=C/C=C\C=C\CC. The van der Waals surface area contributed by atoms with Gasteiger partial charge in [0, 0.05) is 6.54 Å². The molecule has 0 unspecified atom stereocenters. The summed E-state index contributed by atoms with van der Waals surface area (Å²) in [6, 6.07) is 39.6. The van der Waals surface area contributed by atoms with Crippen LogP contribution in [0.2, 0.25) is 0 Å². The maximum Gasteiger partial charge on any atom is 0.0227 e. The van der Waals surface area contributed by atoms with Gasteiger partial charge in [-0.1, -0.05) is 234 Å². The van der Waals surface area contributed by atoms with Gasteiger partial charge in [-0.25, -0.2) is 0 Å². The van der Waals surface area contributed by atoms with Crippen molar-refractivity contribution in [3.8, 4) is 0 Å². The number of rotatable bonds is 14. The van der Waals surface area contributed by atoms with Crippen molar-refractivity contribution in [2.24, 2.45) is 0 Å². The first-order valence-corrected chi connectivity index (χ1v) is 22.2. The summed E-state index contributed by atoms with van der Waals surface area (Å²) in [5.74, 6) is 0. The molecule has 0 aliphatic heterocycles. The fourth-order valence-corrected chi connectivity index (χ4v) is 5.23. The smallest absolute Gasteiger partial charge is 0.0227 e. The van der Waals surface area contributed by atoms with Gasteiger partial charge in [0.25, 0.3) is 0 Å². The molecule has 1 heteroatoms. The molecule has 0 aromatic heterocycles. The van der Waals surface area contributed by atoms with Crippen molar-refractivity contribution < 1.29 is 0 Å². The fraction of sp³-hybridized carbons (Fsp3) is 0.368. The molecular weight excluding hydrogens is 699 g/mol. The molecule has 320 valence electrons. The molecule has 0 atom stereocenters. The second kappa shape index (κ2) is 46.7. The van der Waals surface area contributed by atoms with Crippen LogP contribution in [0.5, 0.6) is 0 Å². The van der Waals surface area contributed by atoms with Crippen molar-refractivity contribution in [3.63, 3.8) is 0 Å². The Labute approximate surface area is 361 Å². The van der Waals surface area contributed by atoms with Crippen molar-refractivity contribution in [1.82, 2.24) is 4.90 Å². The monoisotopic (exact) mass is 786 g/mol. The molecule has 0 saturated carbocycles. The summed E-state index contributed by atoms with van der Waals surface area (Å²) in [5.41, 5.74) is 10.8. The lowest BCUT2D eigenvalue weighted by Gasteiger charge is -2.18. The highest BCUT2D eigenvalue weighted by Gasteiger charge is 2.14. The molecule has 0 N–H and O–H groups in total. The number of nitrogens with zero attached hydrogens (tertiary/aromatic N) is 1. The van der Waals surface area contributed by atoms with Crippen LogP contribution in [0.3, 0.4) is 0 Å². The molecular formula is C57H87N. The van der Waals surface area contributed by atoms with E-state index in [0.29, 0.717) is 0 Å². The third-order valence-electron chi connectivity index (χ3n) is 7.69. The second-order valence-corrected chi connectivity index (χ2v) is 12.0. The van der Waals surface area contributed by atoms with Crippen LogP contribution < -0.4 is 0 Å². The third-order valence-corrected chi connectivity index (χ3v) is 7.69. The van der Waals surface area contributed by atoms with Crippen LogP contribution in [-0.4, -0.2) is 19.0 Å². The molecule has 0 saturated heterocycles. The molecule has 4 aromatic rings. The summed E-state index contributed by atoms with van der Waals surface area (Å²) in [6.45, 7) is 35.2. The van der Waals surface area contributed by atoms with E-state index >= 15 is 0 Å². The van der Waals surface area contributed by atoms with Crippen molar-refractivity contribution in [2.75, 3.05) is 14.1 Å². The first-order valence-electron chi connectivity index (χ1n) is 22.2. The summed E-state index contributed by atoms with van der Waals surface area (Å²) in [5, 5.41) is 0. The maximum absolute atomic E-state index is 3.68. The number of aryl methyl sites for hydroxylation is 2. The van der Waals surface area contributed by atoms with E-state index in [1.807, 2.05) is 98.8 Å². The van der Waals surface area contributed by atoms with Crippen LogP contribution in [0.15, 0.2) is 171 Å². The molecule has 0 fully saturated rings. The minimum absolute atomic E-state index is 0.963. The minimum Gasteiger partial charge on any atom is -0.305 e. The lowest BCUT2D eigenvalue weighted by Crippen LogP contribution is -2.10. The lowest BCUT2D eigenvalue weighted by molar-refractivity contribution is 0.402. The van der Waals surface area contributed by atoms with Gasteiger partial charge in [-0.15, -0.1) is 19.7 Å². The summed E-state index contributed by atoms with van der Waals surface area (Å²) in [6.07, 6.45) is 20.8. The Morgan fingerprint density at radius 3 is 1.43 bits per heavy atom. The van der Waals surface area contributed by atoms with Gasteiger partial charge in [-0.05, 0) is 97.7 Å². The summed E-state index contributed by atoms with van der Waals surface area (Å²) < 4.78 is 0. The molecule has 4 aromatic carbocycles. The van der Waals surface area contributed by atoms with Crippen LogP contribution in [-0.2, 0) is 19.4 Å². The van der Waals surface area contributed by atoms with Crippen LogP contribution in [0.1, 0.15) is 142 Å². The van der Waals surface area contributed by atoms with E-state index in [1.165, 1.54) is 44.5 Å². The largest absolute Gasteiger partial charge is 0.305 e. The average molecular weight is 786 g/mol. The summed E-state index contributed by atoms with van der Waals surface area (Å²) >= 11 is 0. The molecule has 0 heterocycles. The van der Waals surface area contributed by atoms with E-state index in [4.69, 9.17) is 0 Å². The second-order valence-electron chi connectivity index (χ2n) is 12.0. The summed E-state index contributed by atoms with van der Waals surface area (Å²) in [4.78, 5) is 2.21. The Morgan fingerprint density at radius 2 is 1.02 bits per heavy atom. The van der Waals surface area contributed by atoms with Gasteiger partial charge in [-0.3, -0.25) is 0 Å². The molecule has 0 aliphatic rings. The Bertz CT molecular complexity index is 1530. The molecule has 58 heavy (non-hydrogen) atoms. The Kier molecular flexibility index (Phi) is 48.2. The number of hydrogen-bond acceptors (Lipinski definition) is 1. The molecule has 0 amide bonds. The van der Waals surface area contributed by atoms with E-state index in [9.17, 15) is 0 Å². The molecule has 4 rings (SSSR count). The van der Waals surface area contributed by atoms with Crippen molar-refractivity contribution in [3.05, 3.63) is 205 Å².